The molecule has 84 valence electrons. The van der Waals surface area contributed by atoms with E-state index in [0.717, 1.165) is 16.8 Å². The van der Waals surface area contributed by atoms with E-state index in [2.05, 4.69) is 20.9 Å². The van der Waals surface area contributed by atoms with E-state index in [0.29, 0.717) is 6.54 Å². The minimum absolute atomic E-state index is 0.0148. The van der Waals surface area contributed by atoms with Gasteiger partial charge in [-0.25, -0.2) is 4.98 Å². The van der Waals surface area contributed by atoms with Crippen LogP contribution in [0.25, 0.3) is 0 Å². The van der Waals surface area contributed by atoms with E-state index in [1.54, 1.807) is 29.1 Å². The molecule has 0 spiro atoms. The summed E-state index contributed by atoms with van der Waals surface area (Å²) in [5.41, 5.74) is 0.0148. The fourth-order valence-corrected chi connectivity index (χ4v) is 1.91. The van der Waals surface area contributed by atoms with Crippen LogP contribution in [0.2, 0.25) is 0 Å². The summed E-state index contributed by atoms with van der Waals surface area (Å²) in [6, 6.07) is 3.31. The molecule has 2 aromatic heterocycles. The Morgan fingerprint density at radius 1 is 1.31 bits per heavy atom. The van der Waals surface area contributed by atoms with Gasteiger partial charge in [-0.3, -0.25) is 4.79 Å². The van der Waals surface area contributed by atoms with Gasteiger partial charge in [0.05, 0.1) is 0 Å². The Morgan fingerprint density at radius 3 is 2.75 bits per heavy atom. The molecule has 0 aliphatic rings. The maximum Gasteiger partial charge on any atom is 0.250 e. The average molecular weight is 282 g/mol. The molecule has 0 bridgehead atoms. The Kier molecular flexibility index (Phi) is 3.24. The summed E-state index contributed by atoms with van der Waals surface area (Å²) < 4.78 is 4.62. The second-order valence-electron chi connectivity index (χ2n) is 3.55. The molecule has 0 fully saturated rings. The number of aryl methyl sites for hydroxylation is 3. The molecule has 4 nitrogen and oxygen atoms in total. The number of imidazole rings is 1. The lowest BCUT2D eigenvalue weighted by atomic mass is 10.4. The Labute approximate surface area is 102 Å². The molecule has 5 heteroatoms. The van der Waals surface area contributed by atoms with E-state index >= 15 is 0 Å². The standard InChI is InChI=1S/C11H12BrN3O/c1-9-13-4-5-14(9)6-7-15-8-10(12)2-3-11(15)16/h2-5,8H,6-7H2,1H3. The Bertz CT molecular complexity index is 544. The summed E-state index contributed by atoms with van der Waals surface area (Å²) in [5, 5.41) is 0. The van der Waals surface area contributed by atoms with Crippen LogP contribution in [0, 0.1) is 6.92 Å². The summed E-state index contributed by atoms with van der Waals surface area (Å²) in [6.45, 7) is 3.35. The van der Waals surface area contributed by atoms with Gasteiger partial charge in [0, 0.05) is 42.2 Å². The first-order valence-corrected chi connectivity index (χ1v) is 5.80. The lowest BCUT2D eigenvalue weighted by molar-refractivity contribution is 0.554. The predicted molar refractivity (Wildman–Crippen MR) is 65.4 cm³/mol. The van der Waals surface area contributed by atoms with Gasteiger partial charge in [-0.05, 0) is 28.9 Å². The Balaban J connectivity index is 2.13. The van der Waals surface area contributed by atoms with E-state index in [9.17, 15) is 4.79 Å². The van der Waals surface area contributed by atoms with Crippen LogP contribution in [0.5, 0.6) is 0 Å². The van der Waals surface area contributed by atoms with Gasteiger partial charge in [-0.15, -0.1) is 0 Å². The molecule has 16 heavy (non-hydrogen) atoms. The molecule has 0 unspecified atom stereocenters. The Hall–Kier alpha value is -1.36. The summed E-state index contributed by atoms with van der Waals surface area (Å²) in [6.07, 6.45) is 5.48. The van der Waals surface area contributed by atoms with Gasteiger partial charge in [0.2, 0.25) is 0 Å². The fourth-order valence-electron chi connectivity index (χ4n) is 1.53. The molecule has 0 atom stereocenters. The van der Waals surface area contributed by atoms with Crippen molar-refractivity contribution in [3.63, 3.8) is 0 Å². The molecule has 0 saturated heterocycles. The SMILES string of the molecule is Cc1nccn1CCn1cc(Br)ccc1=O. The van der Waals surface area contributed by atoms with Crippen molar-refractivity contribution in [2.45, 2.75) is 20.0 Å². The van der Waals surface area contributed by atoms with E-state index in [4.69, 9.17) is 0 Å². The van der Waals surface area contributed by atoms with Crippen LogP contribution in [0.1, 0.15) is 5.82 Å². The highest BCUT2D eigenvalue weighted by molar-refractivity contribution is 9.10. The minimum atomic E-state index is 0.0148. The van der Waals surface area contributed by atoms with Crippen LogP contribution < -0.4 is 5.56 Å². The number of pyridine rings is 1. The van der Waals surface area contributed by atoms with Crippen molar-refractivity contribution in [1.82, 2.24) is 14.1 Å². The fraction of sp³-hybridized carbons (Fsp3) is 0.273. The molecule has 2 rings (SSSR count). The van der Waals surface area contributed by atoms with Gasteiger partial charge in [-0.2, -0.15) is 0 Å². The number of hydrogen-bond donors (Lipinski definition) is 0. The van der Waals surface area contributed by atoms with E-state index in [1.807, 2.05) is 17.7 Å². The number of aromatic nitrogens is 3. The third-order valence-corrected chi connectivity index (χ3v) is 2.92. The van der Waals surface area contributed by atoms with E-state index in [-0.39, 0.29) is 5.56 Å². The van der Waals surface area contributed by atoms with Gasteiger partial charge < -0.3 is 9.13 Å². The lowest BCUT2D eigenvalue weighted by Crippen LogP contribution is -2.21. The molecule has 0 N–H and O–H groups in total. The smallest absolute Gasteiger partial charge is 0.250 e. The largest absolute Gasteiger partial charge is 0.333 e. The van der Waals surface area contributed by atoms with Gasteiger partial charge in [0.1, 0.15) is 5.82 Å². The van der Waals surface area contributed by atoms with Crippen molar-refractivity contribution >= 4 is 15.9 Å². The molecular formula is C11H12BrN3O. The third-order valence-electron chi connectivity index (χ3n) is 2.45. The van der Waals surface area contributed by atoms with Crippen molar-refractivity contribution in [3.8, 4) is 0 Å². The van der Waals surface area contributed by atoms with Crippen LogP contribution in [-0.4, -0.2) is 14.1 Å². The van der Waals surface area contributed by atoms with E-state index < -0.39 is 0 Å². The van der Waals surface area contributed by atoms with Crippen LogP contribution in [0.4, 0.5) is 0 Å². The van der Waals surface area contributed by atoms with Crippen LogP contribution in [-0.2, 0) is 13.1 Å². The van der Waals surface area contributed by atoms with Gasteiger partial charge in [0.15, 0.2) is 0 Å². The summed E-state index contributed by atoms with van der Waals surface area (Å²) >= 11 is 3.35. The minimum Gasteiger partial charge on any atom is -0.333 e. The van der Waals surface area contributed by atoms with E-state index in [1.165, 1.54) is 0 Å². The zero-order valence-electron chi connectivity index (χ0n) is 8.93. The van der Waals surface area contributed by atoms with Crippen LogP contribution in [0.15, 0.2) is 40.0 Å². The molecule has 0 aromatic carbocycles. The molecule has 0 amide bonds. The van der Waals surface area contributed by atoms with Crippen molar-refractivity contribution in [1.29, 1.82) is 0 Å². The van der Waals surface area contributed by atoms with Gasteiger partial charge in [0.25, 0.3) is 5.56 Å². The summed E-state index contributed by atoms with van der Waals surface area (Å²) in [4.78, 5) is 15.7. The molecule has 2 aromatic rings. The highest BCUT2D eigenvalue weighted by atomic mass is 79.9. The van der Waals surface area contributed by atoms with Crippen molar-refractivity contribution < 1.29 is 0 Å². The predicted octanol–water partition coefficient (Wildman–Crippen LogP) is 1.82. The zero-order chi connectivity index (χ0) is 11.5. The molecule has 0 aliphatic carbocycles. The second kappa shape index (κ2) is 4.65. The number of hydrogen-bond acceptors (Lipinski definition) is 2. The van der Waals surface area contributed by atoms with Crippen molar-refractivity contribution in [3.05, 3.63) is 51.4 Å². The topological polar surface area (TPSA) is 39.8 Å². The number of halogens is 1. The lowest BCUT2D eigenvalue weighted by Gasteiger charge is -2.07. The Morgan fingerprint density at radius 2 is 2.06 bits per heavy atom. The summed E-state index contributed by atoms with van der Waals surface area (Å²) in [5.74, 6) is 0.961. The molecular weight excluding hydrogens is 270 g/mol. The summed E-state index contributed by atoms with van der Waals surface area (Å²) in [7, 11) is 0. The number of nitrogens with zero attached hydrogens (tertiary/aromatic N) is 3. The van der Waals surface area contributed by atoms with Crippen molar-refractivity contribution in [2.24, 2.45) is 0 Å². The first-order chi connectivity index (χ1) is 7.66. The first kappa shape index (κ1) is 11.1. The van der Waals surface area contributed by atoms with Crippen LogP contribution >= 0.6 is 15.9 Å². The van der Waals surface area contributed by atoms with Crippen LogP contribution in [0.3, 0.4) is 0 Å². The second-order valence-corrected chi connectivity index (χ2v) is 4.46. The quantitative estimate of drug-likeness (QED) is 0.861. The third kappa shape index (κ3) is 2.41. The maximum atomic E-state index is 11.5. The zero-order valence-corrected chi connectivity index (χ0v) is 10.5. The monoisotopic (exact) mass is 281 g/mol. The normalized spacial score (nSPS) is 10.6. The van der Waals surface area contributed by atoms with Gasteiger partial charge >= 0.3 is 0 Å². The maximum absolute atomic E-state index is 11.5. The average Bonchev–Trinajstić information content (AvgIpc) is 2.66. The first-order valence-electron chi connectivity index (χ1n) is 5.00. The molecule has 0 aliphatic heterocycles. The highest BCUT2D eigenvalue weighted by Crippen LogP contribution is 2.05. The highest BCUT2D eigenvalue weighted by Gasteiger charge is 1.99. The molecule has 0 radical (unpaired) electrons. The molecule has 0 saturated carbocycles. The van der Waals surface area contributed by atoms with Crippen molar-refractivity contribution in [2.75, 3.05) is 0 Å². The van der Waals surface area contributed by atoms with Gasteiger partial charge in [-0.1, -0.05) is 0 Å². The number of rotatable bonds is 3. The molecule has 2 heterocycles.